The van der Waals surface area contributed by atoms with Crippen LogP contribution in [-0.2, 0) is 10.8 Å². The fraction of sp³-hybridized carbons (Fsp3) is 0.455. The van der Waals surface area contributed by atoms with Crippen LogP contribution in [0.5, 0.6) is 0 Å². The topological polar surface area (TPSA) is 29.1 Å². The van der Waals surface area contributed by atoms with E-state index in [1.165, 1.54) is 0 Å². The van der Waals surface area contributed by atoms with Gasteiger partial charge >= 0.3 is 0 Å². The molecule has 0 radical (unpaired) electrons. The average Bonchev–Trinajstić information content (AvgIpc) is 2.46. The zero-order chi connectivity index (χ0) is 11.9. The van der Waals surface area contributed by atoms with E-state index in [-0.39, 0.29) is 11.3 Å². The number of benzene rings is 1. The fourth-order valence-corrected chi connectivity index (χ4v) is 3.56. The van der Waals surface area contributed by atoms with Gasteiger partial charge in [0.15, 0.2) is 11.6 Å². The molecule has 1 aromatic carbocycles. The highest BCUT2D eigenvalue weighted by molar-refractivity contribution is 7.86. The molecule has 0 spiro atoms. The highest BCUT2D eigenvalue weighted by atomic mass is 32.2. The van der Waals surface area contributed by atoms with Gasteiger partial charge in [-0.15, -0.1) is 0 Å². The summed E-state index contributed by atoms with van der Waals surface area (Å²) in [4.78, 5) is 0.414. The normalized spacial score (nSPS) is 28.1. The lowest BCUT2D eigenvalue weighted by Gasteiger charge is -2.15. The van der Waals surface area contributed by atoms with Crippen LogP contribution in [0, 0.1) is 11.6 Å². The summed E-state index contributed by atoms with van der Waals surface area (Å²) in [5.41, 5.74) is 0.617. The Kier molecular flexibility index (Phi) is 3.08. The van der Waals surface area contributed by atoms with Crippen LogP contribution < -0.4 is 5.32 Å². The van der Waals surface area contributed by atoms with Gasteiger partial charge in [-0.3, -0.25) is 4.21 Å². The summed E-state index contributed by atoms with van der Waals surface area (Å²) < 4.78 is 38.1. The Labute approximate surface area is 95.5 Å². The number of nitrogens with one attached hydrogen (secondary N) is 1. The Bertz CT molecular complexity index is 450. The van der Waals surface area contributed by atoms with E-state index in [1.807, 2.05) is 13.8 Å². The summed E-state index contributed by atoms with van der Waals surface area (Å²) in [7, 11) is -1.26. The van der Waals surface area contributed by atoms with Gasteiger partial charge in [0.25, 0.3) is 0 Å². The molecule has 1 aromatic rings. The van der Waals surface area contributed by atoms with E-state index in [0.717, 1.165) is 12.1 Å². The van der Waals surface area contributed by atoms with Gasteiger partial charge in [-0.25, -0.2) is 8.78 Å². The number of hydrogen-bond acceptors (Lipinski definition) is 2. The van der Waals surface area contributed by atoms with Crippen LogP contribution in [0.3, 0.4) is 0 Å². The van der Waals surface area contributed by atoms with Crippen molar-refractivity contribution in [2.75, 3.05) is 6.54 Å². The van der Waals surface area contributed by atoms with E-state index in [4.69, 9.17) is 0 Å². The van der Waals surface area contributed by atoms with Gasteiger partial charge in [-0.1, -0.05) is 6.92 Å². The van der Waals surface area contributed by atoms with Crippen LogP contribution in [0.1, 0.15) is 25.5 Å². The monoisotopic (exact) mass is 245 g/mol. The van der Waals surface area contributed by atoms with Crippen LogP contribution in [0.4, 0.5) is 8.78 Å². The Balaban J connectivity index is 2.52. The van der Waals surface area contributed by atoms with Crippen LogP contribution in [0.15, 0.2) is 17.0 Å². The first-order chi connectivity index (χ1) is 7.56. The molecule has 0 aromatic heterocycles. The SMILES string of the molecule is CCNC1c2cc(F)c(F)cc2S(=O)C1C. The van der Waals surface area contributed by atoms with Crippen LogP contribution in [-0.4, -0.2) is 16.0 Å². The molecule has 1 heterocycles. The summed E-state index contributed by atoms with van der Waals surface area (Å²) in [6, 6.07) is 2.05. The van der Waals surface area contributed by atoms with E-state index in [2.05, 4.69) is 5.32 Å². The summed E-state index contributed by atoms with van der Waals surface area (Å²) in [6.07, 6.45) is 0. The van der Waals surface area contributed by atoms with Crippen molar-refractivity contribution in [1.82, 2.24) is 5.32 Å². The molecule has 1 aliphatic heterocycles. The molecular weight excluding hydrogens is 232 g/mol. The van der Waals surface area contributed by atoms with Crippen molar-refractivity contribution >= 4 is 10.8 Å². The summed E-state index contributed by atoms with van der Waals surface area (Å²) in [5, 5.41) is 2.99. The smallest absolute Gasteiger partial charge is 0.160 e. The number of rotatable bonds is 2. The van der Waals surface area contributed by atoms with Gasteiger partial charge in [0.05, 0.1) is 16.0 Å². The first-order valence-corrected chi connectivity index (χ1v) is 6.40. The predicted molar refractivity (Wildman–Crippen MR) is 58.6 cm³/mol. The largest absolute Gasteiger partial charge is 0.309 e. The van der Waals surface area contributed by atoms with Gasteiger partial charge < -0.3 is 5.32 Å². The summed E-state index contributed by atoms with van der Waals surface area (Å²) in [6.45, 7) is 4.44. The molecule has 0 bridgehead atoms. The number of halogens is 2. The molecule has 88 valence electrons. The molecule has 2 rings (SSSR count). The van der Waals surface area contributed by atoms with Crippen molar-refractivity contribution in [2.24, 2.45) is 0 Å². The lowest BCUT2D eigenvalue weighted by atomic mass is 10.0. The zero-order valence-electron chi connectivity index (χ0n) is 9.09. The van der Waals surface area contributed by atoms with Crippen molar-refractivity contribution in [3.8, 4) is 0 Å². The van der Waals surface area contributed by atoms with Crippen LogP contribution in [0.25, 0.3) is 0 Å². The van der Waals surface area contributed by atoms with E-state index < -0.39 is 22.4 Å². The van der Waals surface area contributed by atoms with E-state index in [0.29, 0.717) is 17.0 Å². The minimum Gasteiger partial charge on any atom is -0.309 e. The quantitative estimate of drug-likeness (QED) is 0.864. The van der Waals surface area contributed by atoms with Crippen LogP contribution >= 0.6 is 0 Å². The van der Waals surface area contributed by atoms with Gasteiger partial charge in [0.1, 0.15) is 0 Å². The predicted octanol–water partition coefficient (Wildman–Crippen LogP) is 2.13. The standard InChI is InChI=1S/C11H13F2NOS/c1-3-14-11-6(2)16(15)10-5-9(13)8(12)4-7(10)11/h4-6,11,14H,3H2,1-2H3. The lowest BCUT2D eigenvalue weighted by Crippen LogP contribution is -2.27. The molecule has 1 aliphatic rings. The molecule has 3 atom stereocenters. The molecular formula is C11H13F2NOS. The Morgan fingerprint density at radius 2 is 2.00 bits per heavy atom. The van der Waals surface area contributed by atoms with E-state index in [9.17, 15) is 13.0 Å². The third-order valence-corrected chi connectivity index (χ3v) is 4.57. The number of hydrogen-bond donors (Lipinski definition) is 1. The molecule has 0 amide bonds. The average molecular weight is 245 g/mol. The minimum absolute atomic E-state index is 0.156. The molecule has 0 fully saturated rings. The maximum Gasteiger partial charge on any atom is 0.160 e. The van der Waals surface area contributed by atoms with Crippen molar-refractivity contribution < 1.29 is 13.0 Å². The summed E-state index contributed by atoms with van der Waals surface area (Å²) >= 11 is 0. The van der Waals surface area contributed by atoms with Gasteiger partial charge in [0, 0.05) is 10.9 Å². The van der Waals surface area contributed by atoms with Gasteiger partial charge in [-0.2, -0.15) is 0 Å². The van der Waals surface area contributed by atoms with Gasteiger partial charge in [-0.05, 0) is 31.2 Å². The van der Waals surface area contributed by atoms with E-state index in [1.54, 1.807) is 0 Å². The molecule has 5 heteroatoms. The Hall–Kier alpha value is -0.810. The second-order valence-corrected chi connectivity index (χ2v) is 5.62. The first kappa shape index (κ1) is 11.7. The highest BCUT2D eigenvalue weighted by Crippen LogP contribution is 2.37. The Morgan fingerprint density at radius 3 is 2.62 bits per heavy atom. The zero-order valence-corrected chi connectivity index (χ0v) is 9.91. The second-order valence-electron chi connectivity index (χ2n) is 3.84. The van der Waals surface area contributed by atoms with Crippen molar-refractivity contribution in [2.45, 2.75) is 30.0 Å². The molecule has 1 N–H and O–H groups in total. The Morgan fingerprint density at radius 1 is 1.38 bits per heavy atom. The molecule has 0 aliphatic carbocycles. The third-order valence-electron chi connectivity index (χ3n) is 2.84. The second kappa shape index (κ2) is 4.22. The van der Waals surface area contributed by atoms with Crippen molar-refractivity contribution in [3.05, 3.63) is 29.3 Å². The van der Waals surface area contributed by atoms with Crippen molar-refractivity contribution in [3.63, 3.8) is 0 Å². The molecule has 3 unspecified atom stereocenters. The highest BCUT2D eigenvalue weighted by Gasteiger charge is 2.36. The number of fused-ring (bicyclic) bond motifs is 1. The third kappa shape index (κ3) is 1.68. The minimum atomic E-state index is -1.26. The van der Waals surface area contributed by atoms with E-state index >= 15 is 0 Å². The lowest BCUT2D eigenvalue weighted by molar-refractivity contribution is 0.495. The molecule has 16 heavy (non-hydrogen) atoms. The molecule has 2 nitrogen and oxygen atoms in total. The molecule has 0 saturated carbocycles. The maximum atomic E-state index is 13.1. The summed E-state index contributed by atoms with van der Waals surface area (Å²) in [5.74, 6) is -1.82. The van der Waals surface area contributed by atoms with Gasteiger partial charge in [0.2, 0.25) is 0 Å². The van der Waals surface area contributed by atoms with Crippen molar-refractivity contribution in [1.29, 1.82) is 0 Å². The van der Waals surface area contributed by atoms with Crippen LogP contribution in [0.2, 0.25) is 0 Å². The molecule has 0 saturated heterocycles. The fourth-order valence-electron chi connectivity index (χ4n) is 2.03. The maximum absolute atomic E-state index is 13.1. The first-order valence-electron chi connectivity index (χ1n) is 5.19.